The predicted octanol–water partition coefficient (Wildman–Crippen LogP) is 2.76. The number of pyridine rings is 1. The molecule has 1 aliphatic rings. The van der Waals surface area contributed by atoms with Crippen LogP contribution >= 0.6 is 0 Å². The number of aromatic nitrogens is 1. The van der Waals surface area contributed by atoms with Crippen LogP contribution in [0, 0.1) is 5.92 Å². The third-order valence-electron chi connectivity index (χ3n) is 4.24. The fourth-order valence-corrected chi connectivity index (χ4v) is 2.95. The second-order valence-corrected chi connectivity index (χ2v) is 6.05. The minimum Gasteiger partial charge on any atom is -0.497 e. The lowest BCUT2D eigenvalue weighted by atomic mass is 9.87. The number of nitrogens with one attached hydrogen (secondary N) is 2. The van der Waals surface area contributed by atoms with Crippen LogP contribution in [0.2, 0.25) is 0 Å². The quantitative estimate of drug-likeness (QED) is 0.915. The zero-order valence-electron chi connectivity index (χ0n) is 13.3. The van der Waals surface area contributed by atoms with Crippen molar-refractivity contribution in [1.82, 2.24) is 4.98 Å². The van der Waals surface area contributed by atoms with Gasteiger partial charge in [-0.3, -0.25) is 9.59 Å². The number of hydrogen-bond donors (Lipinski definition) is 2. The van der Waals surface area contributed by atoms with Crippen molar-refractivity contribution < 1.29 is 9.53 Å². The van der Waals surface area contributed by atoms with E-state index in [1.807, 2.05) is 0 Å². The number of anilines is 1. The molecule has 0 radical (unpaired) electrons. The van der Waals surface area contributed by atoms with E-state index >= 15 is 0 Å². The minimum absolute atomic E-state index is 0.153. The monoisotopic (exact) mass is 312 g/mol. The first-order valence-electron chi connectivity index (χ1n) is 7.77. The van der Waals surface area contributed by atoms with Crippen molar-refractivity contribution in [2.24, 2.45) is 5.92 Å². The smallest absolute Gasteiger partial charge is 0.261 e. The fourth-order valence-electron chi connectivity index (χ4n) is 2.95. The Hall–Kier alpha value is -2.56. The molecule has 1 heterocycles. The Kier molecular flexibility index (Phi) is 4.19. The number of H-pyrrole nitrogens is 1. The molecule has 2 aromatic rings. The number of fused-ring (bicyclic) bond motifs is 1. The van der Waals surface area contributed by atoms with Gasteiger partial charge in [0, 0.05) is 17.4 Å². The SMILES string of the molecule is COc1cccc(NC(=O)c2cc3c([nH]c2=O)CCC(C)C3)c1. The Labute approximate surface area is 134 Å². The van der Waals surface area contributed by atoms with E-state index in [0.717, 1.165) is 30.5 Å². The Morgan fingerprint density at radius 1 is 1.35 bits per heavy atom. The van der Waals surface area contributed by atoms with Crippen LogP contribution in [-0.2, 0) is 12.8 Å². The number of amides is 1. The first-order valence-corrected chi connectivity index (χ1v) is 7.77. The Balaban J connectivity index is 1.87. The normalized spacial score (nSPS) is 16.5. The van der Waals surface area contributed by atoms with Gasteiger partial charge in [0.15, 0.2) is 0 Å². The molecule has 5 nitrogen and oxygen atoms in total. The standard InChI is InChI=1S/C18H20N2O3/c1-11-6-7-16-12(8-11)9-15(18(22)20-16)17(21)19-13-4-3-5-14(10-13)23-2/h3-5,9-11H,6-8H2,1-2H3,(H,19,21)(H,20,22). The minimum atomic E-state index is -0.402. The third-order valence-corrected chi connectivity index (χ3v) is 4.24. The molecule has 0 spiro atoms. The number of aryl methyl sites for hydroxylation is 1. The molecule has 2 N–H and O–H groups in total. The zero-order valence-corrected chi connectivity index (χ0v) is 13.3. The van der Waals surface area contributed by atoms with E-state index in [1.165, 1.54) is 0 Å². The van der Waals surface area contributed by atoms with E-state index in [4.69, 9.17) is 4.74 Å². The molecule has 1 atom stereocenters. The van der Waals surface area contributed by atoms with Gasteiger partial charge in [0.1, 0.15) is 11.3 Å². The molecule has 0 bridgehead atoms. The molecule has 120 valence electrons. The maximum Gasteiger partial charge on any atom is 0.261 e. The summed E-state index contributed by atoms with van der Waals surface area (Å²) < 4.78 is 5.13. The number of carbonyl (C=O) groups excluding carboxylic acids is 1. The van der Waals surface area contributed by atoms with Crippen molar-refractivity contribution in [3.05, 3.63) is 57.5 Å². The highest BCUT2D eigenvalue weighted by Gasteiger charge is 2.20. The van der Waals surface area contributed by atoms with Crippen LogP contribution in [0.3, 0.4) is 0 Å². The average Bonchev–Trinajstić information content (AvgIpc) is 2.54. The highest BCUT2D eigenvalue weighted by Crippen LogP contribution is 2.23. The number of ether oxygens (including phenoxy) is 1. The van der Waals surface area contributed by atoms with Crippen LogP contribution in [0.4, 0.5) is 5.69 Å². The molecule has 0 aliphatic heterocycles. The van der Waals surface area contributed by atoms with Crippen molar-refractivity contribution in [3.8, 4) is 5.75 Å². The largest absolute Gasteiger partial charge is 0.497 e. The third kappa shape index (κ3) is 3.28. The van der Waals surface area contributed by atoms with Gasteiger partial charge in [-0.2, -0.15) is 0 Å². The first-order chi connectivity index (χ1) is 11.1. The average molecular weight is 312 g/mol. The number of aromatic amines is 1. The molecule has 0 fully saturated rings. The lowest BCUT2D eigenvalue weighted by Gasteiger charge is -2.21. The second-order valence-electron chi connectivity index (χ2n) is 6.05. The van der Waals surface area contributed by atoms with E-state index in [9.17, 15) is 9.59 Å². The summed E-state index contributed by atoms with van der Waals surface area (Å²) in [5.41, 5.74) is 2.45. The van der Waals surface area contributed by atoms with Crippen LogP contribution in [0.25, 0.3) is 0 Å². The lowest BCUT2D eigenvalue weighted by molar-refractivity contribution is 0.102. The van der Waals surface area contributed by atoms with Gasteiger partial charge < -0.3 is 15.0 Å². The van der Waals surface area contributed by atoms with Gasteiger partial charge in [-0.1, -0.05) is 13.0 Å². The van der Waals surface area contributed by atoms with Gasteiger partial charge in [0.2, 0.25) is 0 Å². The molecular weight excluding hydrogens is 292 g/mol. The summed E-state index contributed by atoms with van der Waals surface area (Å²) in [5, 5.41) is 2.75. The topological polar surface area (TPSA) is 71.2 Å². The summed E-state index contributed by atoms with van der Waals surface area (Å²) in [5.74, 6) is 0.819. The Morgan fingerprint density at radius 3 is 2.96 bits per heavy atom. The number of hydrogen-bond acceptors (Lipinski definition) is 3. The van der Waals surface area contributed by atoms with Crippen LogP contribution < -0.4 is 15.6 Å². The van der Waals surface area contributed by atoms with E-state index in [0.29, 0.717) is 17.4 Å². The van der Waals surface area contributed by atoms with Crippen molar-refractivity contribution in [2.45, 2.75) is 26.2 Å². The van der Waals surface area contributed by atoms with Gasteiger partial charge >= 0.3 is 0 Å². The molecule has 3 rings (SSSR count). The Morgan fingerprint density at radius 2 is 2.17 bits per heavy atom. The maximum absolute atomic E-state index is 12.4. The number of methoxy groups -OCH3 is 1. The van der Waals surface area contributed by atoms with E-state index in [2.05, 4.69) is 17.2 Å². The number of rotatable bonds is 3. The van der Waals surface area contributed by atoms with Gasteiger partial charge in [0.25, 0.3) is 11.5 Å². The molecule has 23 heavy (non-hydrogen) atoms. The van der Waals surface area contributed by atoms with Crippen LogP contribution in [-0.4, -0.2) is 18.0 Å². The number of benzene rings is 1. The van der Waals surface area contributed by atoms with Gasteiger partial charge in [-0.25, -0.2) is 0 Å². The Bertz CT molecular complexity index is 795. The molecule has 0 saturated carbocycles. The molecule has 1 unspecified atom stereocenters. The summed E-state index contributed by atoms with van der Waals surface area (Å²) in [7, 11) is 1.57. The molecular formula is C18H20N2O3. The summed E-state index contributed by atoms with van der Waals surface area (Å²) in [6, 6.07) is 8.79. The lowest BCUT2D eigenvalue weighted by Crippen LogP contribution is -2.27. The second kappa shape index (κ2) is 6.28. The van der Waals surface area contributed by atoms with Crippen molar-refractivity contribution in [1.29, 1.82) is 0 Å². The van der Waals surface area contributed by atoms with Crippen LogP contribution in [0.5, 0.6) is 5.75 Å². The van der Waals surface area contributed by atoms with E-state index < -0.39 is 5.91 Å². The molecule has 1 aliphatic carbocycles. The molecule has 0 saturated heterocycles. The van der Waals surface area contributed by atoms with Crippen LogP contribution in [0.15, 0.2) is 35.1 Å². The van der Waals surface area contributed by atoms with E-state index in [-0.39, 0.29) is 11.1 Å². The van der Waals surface area contributed by atoms with Gasteiger partial charge in [-0.15, -0.1) is 0 Å². The summed E-state index contributed by atoms with van der Waals surface area (Å²) >= 11 is 0. The van der Waals surface area contributed by atoms with Crippen LogP contribution in [0.1, 0.15) is 35.0 Å². The molecule has 1 amide bonds. The maximum atomic E-state index is 12.4. The number of carbonyl (C=O) groups is 1. The fraction of sp³-hybridized carbons (Fsp3) is 0.333. The highest BCUT2D eigenvalue weighted by atomic mass is 16.5. The molecule has 1 aromatic carbocycles. The van der Waals surface area contributed by atoms with Crippen molar-refractivity contribution >= 4 is 11.6 Å². The molecule has 1 aromatic heterocycles. The van der Waals surface area contributed by atoms with Crippen molar-refractivity contribution in [3.63, 3.8) is 0 Å². The zero-order chi connectivity index (χ0) is 16.4. The summed E-state index contributed by atoms with van der Waals surface area (Å²) in [4.78, 5) is 27.5. The highest BCUT2D eigenvalue weighted by molar-refractivity contribution is 6.04. The predicted molar refractivity (Wildman–Crippen MR) is 89.2 cm³/mol. The van der Waals surface area contributed by atoms with Crippen molar-refractivity contribution in [2.75, 3.05) is 12.4 Å². The molecule has 5 heteroatoms. The summed E-state index contributed by atoms with van der Waals surface area (Å²) in [6.07, 6.45) is 2.83. The van der Waals surface area contributed by atoms with Gasteiger partial charge in [0.05, 0.1) is 7.11 Å². The first kappa shape index (κ1) is 15.3. The van der Waals surface area contributed by atoms with Gasteiger partial charge in [-0.05, 0) is 48.9 Å². The van der Waals surface area contributed by atoms with E-state index in [1.54, 1.807) is 37.4 Å². The summed E-state index contributed by atoms with van der Waals surface area (Å²) in [6.45, 7) is 2.18.